The number of sulfonamides is 1. The number of nitriles is 1. The van der Waals surface area contributed by atoms with E-state index in [0.29, 0.717) is 49.0 Å². The summed E-state index contributed by atoms with van der Waals surface area (Å²) in [6, 6.07) is 3.63. The molecule has 3 aromatic rings. The van der Waals surface area contributed by atoms with Gasteiger partial charge >= 0.3 is 0 Å². The van der Waals surface area contributed by atoms with Crippen LogP contribution in [0.4, 0.5) is 14.5 Å². The lowest BCUT2D eigenvalue weighted by atomic mass is 9.92. The molecule has 3 aliphatic heterocycles. The van der Waals surface area contributed by atoms with Crippen molar-refractivity contribution >= 4 is 32.7 Å². The number of ether oxygens (including phenoxy) is 2. The minimum atomic E-state index is -4.23. The third kappa shape index (κ3) is 4.21. The zero-order valence-electron chi connectivity index (χ0n) is 20.1. The first kappa shape index (κ1) is 25.4. The van der Waals surface area contributed by atoms with E-state index in [9.17, 15) is 22.5 Å². The number of nitrogens with one attached hydrogen (secondary N) is 1. The maximum atomic E-state index is 13.6. The minimum absolute atomic E-state index is 0.0706. The van der Waals surface area contributed by atoms with Gasteiger partial charge in [-0.25, -0.2) is 17.2 Å². The van der Waals surface area contributed by atoms with Gasteiger partial charge < -0.3 is 14.4 Å². The summed E-state index contributed by atoms with van der Waals surface area (Å²) >= 11 is 0.653. The van der Waals surface area contributed by atoms with E-state index in [1.54, 1.807) is 6.92 Å². The third-order valence-electron chi connectivity index (χ3n) is 7.14. The molecule has 6 heterocycles. The minimum Gasteiger partial charge on any atom is -0.378 e. The van der Waals surface area contributed by atoms with Crippen molar-refractivity contribution in [3.8, 4) is 16.9 Å². The standard InChI is InChI=1S/C21H23F2N9O4S2/c1-12-21(10-24,11-36-12)29-38(33,34)14-6-15(31-3-2-30-4-5-35-9-13(30)7-31)17-25-26-18(32(17)8-14)20-28-27-19(37-20)16(22)23/h6,8,12-13,16,29H,2-5,7,9,11H2,1H3/t12?,13-,21?/m1/s1. The van der Waals surface area contributed by atoms with E-state index in [1.807, 2.05) is 11.0 Å². The van der Waals surface area contributed by atoms with Crippen molar-refractivity contribution in [3.63, 3.8) is 0 Å². The van der Waals surface area contributed by atoms with Gasteiger partial charge in [0.1, 0.15) is 4.90 Å². The Hall–Kier alpha value is -2.88. The molecule has 0 aromatic carbocycles. The van der Waals surface area contributed by atoms with Crippen LogP contribution in [0.3, 0.4) is 0 Å². The number of nitrogens with zero attached hydrogens (tertiary/aromatic N) is 8. The zero-order chi connectivity index (χ0) is 26.7. The van der Waals surface area contributed by atoms with Gasteiger partial charge in [-0.3, -0.25) is 9.30 Å². The van der Waals surface area contributed by atoms with Crippen LogP contribution in [-0.4, -0.2) is 102 Å². The summed E-state index contributed by atoms with van der Waals surface area (Å²) in [4.78, 5) is 4.20. The fourth-order valence-electron chi connectivity index (χ4n) is 4.83. The molecule has 6 rings (SSSR count). The van der Waals surface area contributed by atoms with Crippen molar-refractivity contribution in [2.75, 3.05) is 50.9 Å². The number of morpholine rings is 1. The fourth-order valence-corrected chi connectivity index (χ4v) is 6.89. The monoisotopic (exact) mass is 567 g/mol. The van der Waals surface area contributed by atoms with Gasteiger partial charge in [0.2, 0.25) is 10.0 Å². The number of piperazine rings is 1. The Bertz CT molecular complexity index is 1520. The fraction of sp³-hybridized carbons (Fsp3) is 0.571. The van der Waals surface area contributed by atoms with Gasteiger partial charge in [0.05, 0.1) is 43.7 Å². The summed E-state index contributed by atoms with van der Waals surface area (Å²) in [7, 11) is -4.23. The molecule has 202 valence electrons. The molecular formula is C21H23F2N9O4S2. The highest BCUT2D eigenvalue weighted by molar-refractivity contribution is 7.89. The summed E-state index contributed by atoms with van der Waals surface area (Å²) in [5, 5.41) is 25.0. The molecule has 0 saturated carbocycles. The third-order valence-corrected chi connectivity index (χ3v) is 9.54. The molecule has 3 atom stereocenters. The quantitative estimate of drug-likeness (QED) is 0.447. The predicted molar refractivity (Wildman–Crippen MR) is 129 cm³/mol. The summed E-state index contributed by atoms with van der Waals surface area (Å²) in [6.07, 6.45) is -2.14. The summed E-state index contributed by atoms with van der Waals surface area (Å²) in [6.45, 7) is 5.49. The lowest BCUT2D eigenvalue weighted by Crippen LogP contribution is -2.66. The first-order valence-corrected chi connectivity index (χ1v) is 14.1. The normalized spacial score (nSPS) is 26.3. The van der Waals surface area contributed by atoms with Crippen molar-refractivity contribution in [1.82, 2.24) is 34.4 Å². The van der Waals surface area contributed by atoms with E-state index >= 15 is 0 Å². The SMILES string of the molecule is CC1OCC1(C#N)NS(=O)(=O)c1cc(N2CCN3CCOC[C@H]3C2)c2nnc(-c3nnc(C(F)F)s3)n2c1. The van der Waals surface area contributed by atoms with Crippen LogP contribution in [0.5, 0.6) is 0 Å². The van der Waals surface area contributed by atoms with Crippen LogP contribution < -0.4 is 9.62 Å². The number of pyridine rings is 1. The van der Waals surface area contributed by atoms with Gasteiger partial charge in [-0.05, 0) is 13.0 Å². The highest BCUT2D eigenvalue weighted by Gasteiger charge is 2.49. The molecule has 0 radical (unpaired) electrons. The second kappa shape index (κ2) is 9.39. The van der Waals surface area contributed by atoms with Gasteiger partial charge in [0, 0.05) is 32.4 Å². The second-order valence-electron chi connectivity index (χ2n) is 9.38. The van der Waals surface area contributed by atoms with Gasteiger partial charge in [-0.15, -0.1) is 20.4 Å². The van der Waals surface area contributed by atoms with Gasteiger partial charge in [0.25, 0.3) is 6.43 Å². The first-order chi connectivity index (χ1) is 18.2. The van der Waals surface area contributed by atoms with Crippen LogP contribution in [0.25, 0.3) is 16.5 Å². The number of rotatable bonds is 6. The van der Waals surface area contributed by atoms with Crippen LogP contribution in [0.15, 0.2) is 17.2 Å². The van der Waals surface area contributed by atoms with Crippen molar-refractivity contribution in [2.24, 2.45) is 0 Å². The molecule has 3 fully saturated rings. The molecule has 13 nitrogen and oxygen atoms in total. The molecule has 1 N–H and O–H groups in total. The van der Waals surface area contributed by atoms with Gasteiger partial charge in [-0.1, -0.05) is 11.3 Å². The molecule has 3 aromatic heterocycles. The molecule has 0 amide bonds. The molecular weight excluding hydrogens is 544 g/mol. The van der Waals surface area contributed by atoms with Crippen molar-refractivity contribution in [2.45, 2.75) is 35.9 Å². The van der Waals surface area contributed by atoms with Crippen LogP contribution >= 0.6 is 11.3 Å². The molecule has 3 aliphatic rings. The second-order valence-corrected chi connectivity index (χ2v) is 12.1. The van der Waals surface area contributed by atoms with E-state index in [4.69, 9.17) is 9.47 Å². The number of anilines is 1. The number of alkyl halides is 2. The Kier molecular flexibility index (Phi) is 6.28. The number of hydrogen-bond acceptors (Lipinski definition) is 12. The lowest BCUT2D eigenvalue weighted by molar-refractivity contribution is -0.102. The van der Waals surface area contributed by atoms with E-state index in [2.05, 4.69) is 30.0 Å². The topological polar surface area (TPSA) is 151 Å². The van der Waals surface area contributed by atoms with E-state index in [0.717, 1.165) is 13.1 Å². The van der Waals surface area contributed by atoms with Crippen molar-refractivity contribution in [3.05, 3.63) is 17.3 Å². The van der Waals surface area contributed by atoms with Crippen LogP contribution in [0.2, 0.25) is 0 Å². The molecule has 0 bridgehead atoms. The number of aromatic nitrogens is 5. The largest absolute Gasteiger partial charge is 0.378 e. The smallest absolute Gasteiger partial charge is 0.291 e. The number of hydrogen-bond donors (Lipinski definition) is 1. The van der Waals surface area contributed by atoms with Crippen molar-refractivity contribution < 1.29 is 26.7 Å². The summed E-state index contributed by atoms with van der Waals surface area (Å²) < 4.78 is 68.3. The van der Waals surface area contributed by atoms with Crippen LogP contribution in [0.1, 0.15) is 18.4 Å². The highest BCUT2D eigenvalue weighted by Crippen LogP contribution is 2.34. The Morgan fingerprint density at radius 2 is 2.11 bits per heavy atom. The molecule has 0 spiro atoms. The van der Waals surface area contributed by atoms with E-state index in [1.165, 1.54) is 16.7 Å². The van der Waals surface area contributed by atoms with Crippen LogP contribution in [0, 0.1) is 11.3 Å². The van der Waals surface area contributed by atoms with E-state index in [-0.39, 0.29) is 28.4 Å². The number of fused-ring (bicyclic) bond motifs is 2. The Labute approximate surface area is 220 Å². The molecule has 38 heavy (non-hydrogen) atoms. The Morgan fingerprint density at radius 3 is 2.79 bits per heavy atom. The van der Waals surface area contributed by atoms with Gasteiger partial charge in [-0.2, -0.15) is 9.98 Å². The summed E-state index contributed by atoms with van der Waals surface area (Å²) in [5.74, 6) is 0.0812. The maximum absolute atomic E-state index is 13.6. The highest BCUT2D eigenvalue weighted by atomic mass is 32.2. The lowest BCUT2D eigenvalue weighted by Gasteiger charge is -2.44. The maximum Gasteiger partial charge on any atom is 0.291 e. The van der Waals surface area contributed by atoms with Gasteiger partial charge in [0.15, 0.2) is 27.0 Å². The zero-order valence-corrected chi connectivity index (χ0v) is 21.8. The average Bonchev–Trinajstić information content (AvgIpc) is 3.57. The predicted octanol–water partition coefficient (Wildman–Crippen LogP) is 0.666. The Balaban J connectivity index is 1.46. The molecule has 2 unspecified atom stereocenters. The number of halogens is 2. The average molecular weight is 568 g/mol. The van der Waals surface area contributed by atoms with Crippen molar-refractivity contribution in [1.29, 1.82) is 5.26 Å². The van der Waals surface area contributed by atoms with Crippen LogP contribution in [-0.2, 0) is 19.5 Å². The molecule has 0 aliphatic carbocycles. The molecule has 17 heteroatoms. The summed E-state index contributed by atoms with van der Waals surface area (Å²) in [5.41, 5.74) is -0.562. The molecule has 3 saturated heterocycles. The van der Waals surface area contributed by atoms with E-state index < -0.39 is 33.1 Å². The first-order valence-electron chi connectivity index (χ1n) is 11.8. The Morgan fingerprint density at radius 1 is 1.26 bits per heavy atom.